The average Bonchev–Trinajstić information content (AvgIpc) is 3.99. The quantitative estimate of drug-likeness (QED) is 0.162. The number of phenolic OH excluding ortho intramolecular Hbond substituents is 3. The molecular weight excluding hydrogens is 647 g/mol. The molecule has 4 aromatic rings. The van der Waals surface area contributed by atoms with Gasteiger partial charge in [-0.05, 0) is 119 Å². The van der Waals surface area contributed by atoms with Crippen LogP contribution in [0.25, 0.3) is 22.3 Å². The van der Waals surface area contributed by atoms with Crippen molar-refractivity contribution in [2.75, 3.05) is 5.73 Å². The smallest absolute Gasteiger partial charge is 0.115 e. The van der Waals surface area contributed by atoms with E-state index in [1.54, 1.807) is 36.4 Å². The first-order chi connectivity index (χ1) is 25.4. The standard InChI is InChI=1S/C44H29N5O3/c45-29-9-1-25(2-10-29)41-33-17-19-35(46-33)42(26-3-11-30(50)12-4-26)37-21-23-39(48-37)44(28-7-15-32(52)16-8-28)40-24-22-38(49-40)43(36-20-18-34(41)47-36)27-5-13-31(51)14-6-27/h1-24,50-52H,45H2. The number of benzene rings is 4. The molecule has 5 aliphatic rings. The maximum atomic E-state index is 10.2. The van der Waals surface area contributed by atoms with Gasteiger partial charge in [-0.3, -0.25) is 0 Å². The summed E-state index contributed by atoms with van der Waals surface area (Å²) < 4.78 is 0. The molecule has 8 nitrogen and oxygen atoms in total. The third-order valence-electron chi connectivity index (χ3n) is 9.28. The molecule has 0 fully saturated rings. The first-order valence-corrected chi connectivity index (χ1v) is 16.7. The van der Waals surface area contributed by atoms with Crippen LogP contribution in [0.3, 0.4) is 0 Å². The summed E-state index contributed by atoms with van der Waals surface area (Å²) in [6, 6.07) is 28.7. The molecule has 0 amide bonds. The van der Waals surface area contributed by atoms with E-state index in [0.717, 1.165) is 56.0 Å². The number of aliphatic imine (C=N–C) groups is 4. The molecule has 0 spiro atoms. The highest BCUT2D eigenvalue weighted by atomic mass is 16.3. The summed E-state index contributed by atoms with van der Waals surface area (Å²) in [5.74, 6) is 0.472. The minimum atomic E-state index is 0.155. The number of rotatable bonds is 4. The Kier molecular flexibility index (Phi) is 7.22. The molecule has 5 N–H and O–H groups in total. The van der Waals surface area contributed by atoms with E-state index in [1.165, 1.54) is 0 Å². The molecule has 248 valence electrons. The summed E-state index contributed by atoms with van der Waals surface area (Å²) in [5.41, 5.74) is 19.0. The number of fused-ring (bicyclic) bond motifs is 4. The molecule has 9 rings (SSSR count). The number of anilines is 1. The molecule has 0 aromatic heterocycles. The molecule has 0 saturated heterocycles. The number of hydrogen-bond acceptors (Lipinski definition) is 8. The number of phenols is 3. The van der Waals surface area contributed by atoms with Crippen LogP contribution in [0.1, 0.15) is 22.3 Å². The molecule has 5 heterocycles. The van der Waals surface area contributed by atoms with Crippen molar-refractivity contribution in [1.82, 2.24) is 0 Å². The SMILES string of the molecule is Nc1ccc(C2=C3C=CC(=N3)C(c3ccc(O)cc3)=C3C=CC(=N3)C(c3ccc(O)cc3)=C3C=CC(=N3)C(c3ccc(O)cc3)=C3C=CC2=N3)cc1. The Morgan fingerprint density at radius 1 is 0.308 bits per heavy atom. The lowest BCUT2D eigenvalue weighted by Gasteiger charge is -2.13. The summed E-state index contributed by atoms with van der Waals surface area (Å²) in [6.45, 7) is 0. The second-order valence-corrected chi connectivity index (χ2v) is 12.6. The van der Waals surface area contributed by atoms with Crippen molar-refractivity contribution in [1.29, 1.82) is 0 Å². The van der Waals surface area contributed by atoms with Crippen LogP contribution in [0.15, 0.2) is 188 Å². The van der Waals surface area contributed by atoms with Crippen LogP contribution in [-0.4, -0.2) is 38.2 Å². The monoisotopic (exact) mass is 675 g/mol. The van der Waals surface area contributed by atoms with Crippen molar-refractivity contribution in [3.05, 3.63) is 191 Å². The van der Waals surface area contributed by atoms with Gasteiger partial charge in [0, 0.05) is 28.0 Å². The van der Waals surface area contributed by atoms with Crippen LogP contribution in [-0.2, 0) is 0 Å². The van der Waals surface area contributed by atoms with Crippen LogP contribution in [0.2, 0.25) is 0 Å². The molecule has 0 aliphatic carbocycles. The Hall–Kier alpha value is -7.32. The molecule has 0 radical (unpaired) electrons. The molecular formula is C44H29N5O3. The predicted octanol–water partition coefficient (Wildman–Crippen LogP) is 8.39. The summed E-state index contributed by atoms with van der Waals surface area (Å²) in [6.07, 6.45) is 15.8. The van der Waals surface area contributed by atoms with Crippen molar-refractivity contribution in [2.45, 2.75) is 0 Å². The molecule has 8 bridgehead atoms. The highest BCUT2D eigenvalue weighted by Crippen LogP contribution is 2.39. The average molecular weight is 676 g/mol. The van der Waals surface area contributed by atoms with E-state index in [4.69, 9.17) is 25.7 Å². The third kappa shape index (κ3) is 5.45. The van der Waals surface area contributed by atoms with Crippen LogP contribution < -0.4 is 5.73 Å². The van der Waals surface area contributed by atoms with Crippen LogP contribution >= 0.6 is 0 Å². The number of nitrogen functional groups attached to an aromatic ring is 1. The lowest BCUT2D eigenvalue weighted by atomic mass is 9.98. The first-order valence-electron chi connectivity index (χ1n) is 16.7. The maximum absolute atomic E-state index is 10.2. The number of nitrogens with zero attached hydrogens (tertiary/aromatic N) is 4. The van der Waals surface area contributed by atoms with E-state index in [2.05, 4.69) is 0 Å². The Balaban J connectivity index is 1.36. The van der Waals surface area contributed by atoms with Crippen molar-refractivity contribution in [3.63, 3.8) is 0 Å². The molecule has 52 heavy (non-hydrogen) atoms. The van der Waals surface area contributed by atoms with E-state index in [9.17, 15) is 15.3 Å². The number of nitrogens with two attached hydrogens (primary N) is 1. The van der Waals surface area contributed by atoms with Gasteiger partial charge in [-0.2, -0.15) is 0 Å². The molecule has 5 aliphatic heterocycles. The minimum Gasteiger partial charge on any atom is -0.508 e. The normalized spacial score (nSPS) is 17.4. The zero-order chi connectivity index (χ0) is 35.3. The highest BCUT2D eigenvalue weighted by molar-refractivity contribution is 6.39. The Morgan fingerprint density at radius 2 is 0.538 bits per heavy atom. The summed E-state index contributed by atoms with van der Waals surface area (Å²) in [4.78, 5) is 20.9. The van der Waals surface area contributed by atoms with Gasteiger partial charge < -0.3 is 21.1 Å². The maximum Gasteiger partial charge on any atom is 0.115 e. The number of aromatic hydroxyl groups is 3. The first kappa shape index (κ1) is 30.7. The van der Waals surface area contributed by atoms with Gasteiger partial charge in [0.25, 0.3) is 0 Å². The predicted molar refractivity (Wildman–Crippen MR) is 209 cm³/mol. The van der Waals surface area contributed by atoms with Gasteiger partial charge in [0.2, 0.25) is 0 Å². The summed E-state index contributed by atoms with van der Waals surface area (Å²) >= 11 is 0. The van der Waals surface area contributed by atoms with Gasteiger partial charge in [-0.1, -0.05) is 48.5 Å². The van der Waals surface area contributed by atoms with E-state index in [1.807, 2.05) is 109 Å². The fraction of sp³-hybridized carbons (Fsp3) is 0. The molecule has 0 saturated carbocycles. The second kappa shape index (κ2) is 12.2. The van der Waals surface area contributed by atoms with Crippen molar-refractivity contribution >= 4 is 50.8 Å². The second-order valence-electron chi connectivity index (χ2n) is 12.6. The van der Waals surface area contributed by atoms with Gasteiger partial charge in [0.05, 0.1) is 45.6 Å². The number of allylic oxidation sites excluding steroid dienone is 12. The van der Waals surface area contributed by atoms with E-state index < -0.39 is 0 Å². The lowest BCUT2D eigenvalue weighted by molar-refractivity contribution is 0.474. The van der Waals surface area contributed by atoms with Crippen LogP contribution in [0.4, 0.5) is 5.69 Å². The Morgan fingerprint density at radius 3 is 0.788 bits per heavy atom. The fourth-order valence-corrected chi connectivity index (χ4v) is 6.80. The Labute approximate surface area is 299 Å². The topological polar surface area (TPSA) is 136 Å². The van der Waals surface area contributed by atoms with Gasteiger partial charge in [-0.25, -0.2) is 20.0 Å². The Bertz CT molecular complexity index is 2220. The lowest BCUT2D eigenvalue weighted by Crippen LogP contribution is -2.03. The molecule has 0 atom stereocenters. The molecule has 0 unspecified atom stereocenters. The van der Waals surface area contributed by atoms with Gasteiger partial charge in [-0.15, -0.1) is 0 Å². The molecule has 4 aromatic carbocycles. The van der Waals surface area contributed by atoms with Crippen LogP contribution in [0.5, 0.6) is 17.2 Å². The van der Waals surface area contributed by atoms with E-state index in [0.29, 0.717) is 39.9 Å². The van der Waals surface area contributed by atoms with Gasteiger partial charge in [0.1, 0.15) is 17.2 Å². The van der Waals surface area contributed by atoms with E-state index in [-0.39, 0.29) is 17.2 Å². The van der Waals surface area contributed by atoms with Gasteiger partial charge in [0.15, 0.2) is 0 Å². The highest BCUT2D eigenvalue weighted by Gasteiger charge is 2.27. The van der Waals surface area contributed by atoms with Crippen molar-refractivity contribution < 1.29 is 15.3 Å². The third-order valence-corrected chi connectivity index (χ3v) is 9.28. The van der Waals surface area contributed by atoms with Crippen LogP contribution in [0, 0.1) is 0 Å². The summed E-state index contributed by atoms with van der Waals surface area (Å²) in [7, 11) is 0. The van der Waals surface area contributed by atoms with E-state index >= 15 is 0 Å². The summed E-state index contributed by atoms with van der Waals surface area (Å²) in [5, 5.41) is 30.5. The fourth-order valence-electron chi connectivity index (χ4n) is 6.80. The van der Waals surface area contributed by atoms with Crippen molar-refractivity contribution in [3.8, 4) is 17.2 Å². The minimum absolute atomic E-state index is 0.155. The number of hydrogen-bond donors (Lipinski definition) is 4. The largest absolute Gasteiger partial charge is 0.508 e. The zero-order valence-electron chi connectivity index (χ0n) is 27.6. The molecule has 8 heteroatoms. The van der Waals surface area contributed by atoms with Crippen molar-refractivity contribution in [2.24, 2.45) is 20.0 Å². The zero-order valence-corrected chi connectivity index (χ0v) is 27.6. The van der Waals surface area contributed by atoms with Gasteiger partial charge >= 0.3 is 0 Å².